The molecule has 0 saturated heterocycles. The van der Waals surface area contributed by atoms with Gasteiger partial charge in [0.1, 0.15) is 0 Å². The number of nitroso groups, excluding NO2 is 1. The Balaban J connectivity index is 2.04. The van der Waals surface area contributed by atoms with Crippen LogP contribution in [0.25, 0.3) is 0 Å². The Morgan fingerprint density at radius 1 is 1.67 bits per heavy atom. The standard InChI is InChI=1S/C12H14BN3O2/c14-6-5-12(3-4-12)13(16-18)8-11(17)10-2-1-7-15-9-10/h1-2,7,9,11,17H,3-5,8H2. The van der Waals surface area contributed by atoms with Crippen LogP contribution in [0.5, 0.6) is 0 Å². The Labute approximate surface area is 106 Å². The molecular weight excluding hydrogens is 229 g/mol. The molecule has 0 amide bonds. The van der Waals surface area contributed by atoms with Crippen molar-refractivity contribution < 1.29 is 5.11 Å². The zero-order valence-electron chi connectivity index (χ0n) is 9.99. The topological polar surface area (TPSA) is 86.3 Å². The minimum Gasteiger partial charge on any atom is -0.389 e. The minimum atomic E-state index is -0.752. The van der Waals surface area contributed by atoms with Crippen LogP contribution >= 0.6 is 0 Å². The van der Waals surface area contributed by atoms with E-state index in [0.717, 1.165) is 12.8 Å². The summed E-state index contributed by atoms with van der Waals surface area (Å²) in [5.41, 5.74) is 0.680. The first-order valence-corrected chi connectivity index (χ1v) is 5.99. The second kappa shape index (κ2) is 5.28. The number of pyridine rings is 1. The van der Waals surface area contributed by atoms with Crippen LogP contribution in [0.3, 0.4) is 0 Å². The van der Waals surface area contributed by atoms with Gasteiger partial charge in [-0.2, -0.15) is 10.2 Å². The number of rotatable bonds is 6. The summed E-state index contributed by atoms with van der Waals surface area (Å²) >= 11 is 0. The molecule has 1 saturated carbocycles. The average molecular weight is 243 g/mol. The van der Waals surface area contributed by atoms with E-state index in [1.54, 1.807) is 24.5 Å². The maximum Gasteiger partial charge on any atom is 0.347 e. The van der Waals surface area contributed by atoms with Gasteiger partial charge in [-0.15, -0.1) is 5.09 Å². The van der Waals surface area contributed by atoms with E-state index < -0.39 is 13.0 Å². The molecule has 1 unspecified atom stereocenters. The van der Waals surface area contributed by atoms with Gasteiger partial charge in [-0.1, -0.05) is 18.9 Å². The summed E-state index contributed by atoms with van der Waals surface area (Å²) in [7, 11) is 0. The van der Waals surface area contributed by atoms with Gasteiger partial charge < -0.3 is 5.11 Å². The van der Waals surface area contributed by atoms with Gasteiger partial charge in [0.25, 0.3) is 0 Å². The maximum absolute atomic E-state index is 10.9. The van der Waals surface area contributed by atoms with Crippen molar-refractivity contribution in [2.24, 2.45) is 5.09 Å². The Morgan fingerprint density at radius 2 is 2.44 bits per heavy atom. The van der Waals surface area contributed by atoms with Crippen molar-refractivity contribution in [3.8, 4) is 6.07 Å². The molecule has 0 bridgehead atoms. The summed E-state index contributed by atoms with van der Waals surface area (Å²) in [6.07, 6.45) is 4.74. The third-order valence-corrected chi connectivity index (χ3v) is 3.67. The molecule has 6 heteroatoms. The van der Waals surface area contributed by atoms with E-state index in [9.17, 15) is 10.0 Å². The molecule has 92 valence electrons. The fourth-order valence-corrected chi connectivity index (χ4v) is 2.27. The third-order valence-electron chi connectivity index (χ3n) is 3.67. The molecule has 18 heavy (non-hydrogen) atoms. The van der Waals surface area contributed by atoms with Crippen molar-refractivity contribution in [2.45, 2.75) is 37.0 Å². The second-order valence-corrected chi connectivity index (χ2v) is 4.86. The summed E-state index contributed by atoms with van der Waals surface area (Å²) in [6.45, 7) is -0.493. The number of nitrogens with zero attached hydrogens (tertiary/aromatic N) is 3. The summed E-state index contributed by atoms with van der Waals surface area (Å²) in [6, 6.07) is 5.61. The lowest BCUT2D eigenvalue weighted by atomic mass is 9.45. The number of aliphatic hydroxyl groups excluding tert-OH is 1. The number of hydrogen-bond acceptors (Lipinski definition) is 5. The predicted octanol–water partition coefficient (Wildman–Crippen LogP) is 2.32. The van der Waals surface area contributed by atoms with E-state index in [-0.39, 0.29) is 11.6 Å². The number of aromatic nitrogens is 1. The van der Waals surface area contributed by atoms with Crippen LogP contribution in [0.4, 0.5) is 0 Å². The van der Waals surface area contributed by atoms with Crippen LogP contribution in [-0.4, -0.2) is 16.9 Å². The fraction of sp³-hybridized carbons (Fsp3) is 0.500. The van der Waals surface area contributed by atoms with Crippen molar-refractivity contribution in [1.29, 1.82) is 5.26 Å². The quantitative estimate of drug-likeness (QED) is 0.613. The van der Waals surface area contributed by atoms with E-state index in [1.807, 2.05) is 0 Å². The van der Waals surface area contributed by atoms with Crippen molar-refractivity contribution in [3.05, 3.63) is 35.0 Å². The summed E-state index contributed by atoms with van der Waals surface area (Å²) in [5, 5.41) is 21.7. The Bertz CT molecular complexity index is 456. The largest absolute Gasteiger partial charge is 0.389 e. The highest BCUT2D eigenvalue weighted by atomic mass is 16.3. The van der Waals surface area contributed by atoms with Crippen LogP contribution in [0.15, 0.2) is 29.6 Å². The van der Waals surface area contributed by atoms with Gasteiger partial charge in [0.05, 0.1) is 12.2 Å². The van der Waals surface area contributed by atoms with E-state index in [1.165, 1.54) is 0 Å². The van der Waals surface area contributed by atoms with Crippen molar-refractivity contribution in [2.75, 3.05) is 0 Å². The van der Waals surface area contributed by atoms with Crippen molar-refractivity contribution in [3.63, 3.8) is 0 Å². The predicted molar refractivity (Wildman–Crippen MR) is 67.7 cm³/mol. The van der Waals surface area contributed by atoms with Gasteiger partial charge >= 0.3 is 6.85 Å². The molecule has 1 N–H and O–H groups in total. The van der Waals surface area contributed by atoms with Crippen LogP contribution in [0, 0.1) is 16.2 Å². The third kappa shape index (κ3) is 2.57. The number of nitriles is 1. The molecule has 0 radical (unpaired) electrons. The molecule has 1 aliphatic carbocycles. The second-order valence-electron chi connectivity index (χ2n) is 4.86. The SMILES string of the molecule is N#CCC1(B(CC(O)c2cccnc2)N=O)CC1. The zero-order valence-corrected chi connectivity index (χ0v) is 9.99. The number of hydrogen-bond donors (Lipinski definition) is 1. The Kier molecular flexibility index (Phi) is 3.73. The van der Waals surface area contributed by atoms with E-state index in [2.05, 4.69) is 16.1 Å². The van der Waals surface area contributed by atoms with Crippen LogP contribution in [0.1, 0.15) is 30.9 Å². The first-order valence-electron chi connectivity index (χ1n) is 5.99. The van der Waals surface area contributed by atoms with Gasteiger partial charge in [-0.05, 0) is 23.3 Å². The van der Waals surface area contributed by atoms with Crippen LogP contribution in [-0.2, 0) is 0 Å². The Hall–Kier alpha value is -1.74. The summed E-state index contributed by atoms with van der Waals surface area (Å²) in [4.78, 5) is 14.9. The fourth-order valence-electron chi connectivity index (χ4n) is 2.27. The summed E-state index contributed by atoms with van der Waals surface area (Å²) in [5.74, 6) is 0. The summed E-state index contributed by atoms with van der Waals surface area (Å²) < 4.78 is 0. The molecular formula is C12H14BN3O2. The molecule has 1 fully saturated rings. The van der Waals surface area contributed by atoms with Crippen molar-refractivity contribution in [1.82, 2.24) is 4.98 Å². The van der Waals surface area contributed by atoms with Crippen molar-refractivity contribution >= 4 is 6.85 Å². The average Bonchev–Trinajstić information content (AvgIpc) is 3.18. The lowest BCUT2D eigenvalue weighted by Gasteiger charge is -2.17. The Morgan fingerprint density at radius 3 is 2.94 bits per heavy atom. The molecule has 1 aromatic rings. The molecule has 1 heterocycles. The molecule has 5 nitrogen and oxygen atoms in total. The van der Waals surface area contributed by atoms with E-state index in [4.69, 9.17) is 5.26 Å². The van der Waals surface area contributed by atoms with E-state index in [0.29, 0.717) is 12.0 Å². The molecule has 1 aliphatic rings. The lowest BCUT2D eigenvalue weighted by Crippen LogP contribution is -2.22. The molecule has 0 aromatic carbocycles. The minimum absolute atomic E-state index is 0.261. The van der Waals surface area contributed by atoms with Gasteiger partial charge in [0.15, 0.2) is 0 Å². The molecule has 2 rings (SSSR count). The molecule has 0 aliphatic heterocycles. The molecule has 1 aromatic heterocycles. The highest BCUT2D eigenvalue weighted by Gasteiger charge is 2.54. The molecule has 0 spiro atoms. The van der Waals surface area contributed by atoms with E-state index >= 15 is 0 Å². The highest BCUT2D eigenvalue weighted by Crippen LogP contribution is 2.60. The lowest BCUT2D eigenvalue weighted by molar-refractivity contribution is 0.197. The highest BCUT2D eigenvalue weighted by molar-refractivity contribution is 6.61. The number of aliphatic hydroxyl groups is 1. The first kappa shape index (κ1) is 12.7. The van der Waals surface area contributed by atoms with Crippen LogP contribution in [0.2, 0.25) is 11.6 Å². The van der Waals surface area contributed by atoms with Gasteiger partial charge in [0, 0.05) is 18.8 Å². The zero-order chi connectivity index (χ0) is 13.0. The van der Waals surface area contributed by atoms with Gasteiger partial charge in [-0.25, -0.2) is 0 Å². The molecule has 1 atom stereocenters. The smallest absolute Gasteiger partial charge is 0.347 e. The maximum atomic E-state index is 10.9. The van der Waals surface area contributed by atoms with Gasteiger partial charge in [0.2, 0.25) is 0 Å². The van der Waals surface area contributed by atoms with Crippen LogP contribution < -0.4 is 0 Å². The normalized spacial score (nSPS) is 17.6. The van der Waals surface area contributed by atoms with Gasteiger partial charge in [-0.3, -0.25) is 4.98 Å². The monoisotopic (exact) mass is 243 g/mol. The first-order chi connectivity index (χ1) is 8.72.